The molecule has 0 atom stereocenters. The zero-order valence-electron chi connectivity index (χ0n) is 9.74. The summed E-state index contributed by atoms with van der Waals surface area (Å²) in [5.41, 5.74) is 5.88. The first-order valence-corrected chi connectivity index (χ1v) is 5.67. The Morgan fingerprint density at radius 2 is 2.22 bits per heavy atom. The van der Waals surface area contributed by atoms with Gasteiger partial charge in [-0.05, 0) is 12.8 Å². The minimum absolute atomic E-state index is 0.163. The van der Waals surface area contributed by atoms with Crippen LogP contribution in [0.5, 0.6) is 0 Å². The van der Waals surface area contributed by atoms with Crippen LogP contribution in [0.3, 0.4) is 0 Å². The number of nitrogens with zero attached hydrogens (tertiary/aromatic N) is 4. The van der Waals surface area contributed by atoms with Crippen LogP contribution in [-0.2, 0) is 0 Å². The van der Waals surface area contributed by atoms with Crippen LogP contribution in [0.15, 0.2) is 12.3 Å². The molecule has 0 aromatic carbocycles. The van der Waals surface area contributed by atoms with Crippen molar-refractivity contribution in [1.29, 1.82) is 5.26 Å². The van der Waals surface area contributed by atoms with E-state index in [-0.39, 0.29) is 17.3 Å². The van der Waals surface area contributed by atoms with Gasteiger partial charge in [0.15, 0.2) is 0 Å². The summed E-state index contributed by atoms with van der Waals surface area (Å²) in [5.74, 6) is 0.509. The van der Waals surface area contributed by atoms with Crippen LogP contribution in [0.2, 0.25) is 0 Å². The summed E-state index contributed by atoms with van der Waals surface area (Å²) in [4.78, 5) is 16.1. The van der Waals surface area contributed by atoms with Crippen molar-refractivity contribution in [2.75, 3.05) is 18.0 Å². The molecular formula is C11H13N5O2. The van der Waals surface area contributed by atoms with Crippen molar-refractivity contribution >= 4 is 11.5 Å². The molecule has 0 saturated carbocycles. The van der Waals surface area contributed by atoms with E-state index in [1.807, 2.05) is 11.0 Å². The Kier molecular flexibility index (Phi) is 3.39. The Morgan fingerprint density at radius 3 is 2.78 bits per heavy atom. The summed E-state index contributed by atoms with van der Waals surface area (Å²) in [6.07, 6.45) is 2.86. The van der Waals surface area contributed by atoms with Gasteiger partial charge in [-0.25, -0.2) is 4.98 Å². The van der Waals surface area contributed by atoms with Crippen molar-refractivity contribution in [2.45, 2.75) is 18.9 Å². The summed E-state index contributed by atoms with van der Waals surface area (Å²) in [7, 11) is 0. The van der Waals surface area contributed by atoms with Gasteiger partial charge in [-0.15, -0.1) is 0 Å². The maximum absolute atomic E-state index is 10.6. The minimum atomic E-state index is -0.552. The lowest BCUT2D eigenvalue weighted by Crippen LogP contribution is -2.40. The maximum atomic E-state index is 10.6. The Balaban J connectivity index is 2.28. The van der Waals surface area contributed by atoms with Crippen molar-refractivity contribution in [3.63, 3.8) is 0 Å². The third-order valence-electron chi connectivity index (χ3n) is 3.02. The van der Waals surface area contributed by atoms with Gasteiger partial charge < -0.3 is 10.6 Å². The first-order chi connectivity index (χ1) is 8.61. The first-order valence-electron chi connectivity index (χ1n) is 5.67. The molecular weight excluding hydrogens is 234 g/mol. The van der Waals surface area contributed by atoms with Crippen molar-refractivity contribution in [3.8, 4) is 6.07 Å². The van der Waals surface area contributed by atoms with Gasteiger partial charge in [0, 0.05) is 25.2 Å². The second-order valence-electron chi connectivity index (χ2n) is 4.26. The Morgan fingerprint density at radius 1 is 1.56 bits per heavy atom. The van der Waals surface area contributed by atoms with Gasteiger partial charge in [0.1, 0.15) is 23.6 Å². The van der Waals surface area contributed by atoms with Gasteiger partial charge >= 0.3 is 0 Å². The van der Waals surface area contributed by atoms with Crippen LogP contribution in [0.4, 0.5) is 11.5 Å². The number of nitriles is 1. The molecule has 94 valence electrons. The number of hydrogen-bond acceptors (Lipinski definition) is 6. The predicted octanol–water partition coefficient (Wildman–Crippen LogP) is 0.789. The van der Waals surface area contributed by atoms with Gasteiger partial charge in [-0.3, -0.25) is 10.1 Å². The van der Waals surface area contributed by atoms with E-state index in [2.05, 4.69) is 4.98 Å². The topological polar surface area (TPSA) is 109 Å². The smallest absolute Gasteiger partial charge is 0.289 e. The summed E-state index contributed by atoms with van der Waals surface area (Å²) < 4.78 is 0. The summed E-state index contributed by atoms with van der Waals surface area (Å²) in [6.45, 7) is 1.45. The van der Waals surface area contributed by atoms with Crippen LogP contribution >= 0.6 is 0 Å². The molecule has 0 amide bonds. The summed E-state index contributed by atoms with van der Waals surface area (Å²) in [6, 6.07) is 3.41. The number of nitro groups is 1. The SMILES string of the molecule is N#Cc1cc([N+](=O)[O-])cnc1N1CCC(N)CC1. The largest absolute Gasteiger partial charge is 0.355 e. The second kappa shape index (κ2) is 4.98. The lowest BCUT2D eigenvalue weighted by molar-refractivity contribution is -0.385. The molecule has 1 aromatic rings. The zero-order valence-corrected chi connectivity index (χ0v) is 9.74. The highest BCUT2D eigenvalue weighted by Crippen LogP contribution is 2.24. The molecule has 2 N–H and O–H groups in total. The number of aromatic nitrogens is 1. The fourth-order valence-corrected chi connectivity index (χ4v) is 1.99. The van der Waals surface area contributed by atoms with E-state index in [1.54, 1.807) is 0 Å². The van der Waals surface area contributed by atoms with Crippen molar-refractivity contribution < 1.29 is 4.92 Å². The maximum Gasteiger partial charge on any atom is 0.289 e. The number of nitrogens with two attached hydrogens (primary N) is 1. The molecule has 0 unspecified atom stereocenters. The molecule has 1 aromatic heterocycles. The average molecular weight is 247 g/mol. The highest BCUT2D eigenvalue weighted by Gasteiger charge is 2.21. The lowest BCUT2D eigenvalue weighted by atomic mass is 10.1. The van der Waals surface area contributed by atoms with E-state index < -0.39 is 4.92 Å². The number of piperidine rings is 1. The molecule has 7 heteroatoms. The number of rotatable bonds is 2. The Bertz CT molecular complexity index is 503. The van der Waals surface area contributed by atoms with Gasteiger partial charge in [0.25, 0.3) is 5.69 Å². The van der Waals surface area contributed by atoms with Gasteiger partial charge in [0.05, 0.1) is 4.92 Å². The number of anilines is 1. The summed E-state index contributed by atoms with van der Waals surface area (Å²) in [5, 5.41) is 19.7. The number of hydrogen-bond donors (Lipinski definition) is 1. The van der Waals surface area contributed by atoms with Crippen molar-refractivity contribution in [3.05, 3.63) is 27.9 Å². The van der Waals surface area contributed by atoms with Gasteiger partial charge in [-0.1, -0.05) is 0 Å². The van der Waals surface area contributed by atoms with E-state index in [9.17, 15) is 10.1 Å². The van der Waals surface area contributed by atoms with Crippen LogP contribution in [0, 0.1) is 21.4 Å². The molecule has 1 aliphatic rings. The van der Waals surface area contributed by atoms with Gasteiger partial charge in [-0.2, -0.15) is 5.26 Å². The van der Waals surface area contributed by atoms with Crippen LogP contribution < -0.4 is 10.6 Å². The van der Waals surface area contributed by atoms with Crippen molar-refractivity contribution in [2.24, 2.45) is 5.73 Å². The fourth-order valence-electron chi connectivity index (χ4n) is 1.99. The van der Waals surface area contributed by atoms with Crippen LogP contribution in [0.1, 0.15) is 18.4 Å². The molecule has 2 heterocycles. The molecule has 2 rings (SSSR count). The lowest BCUT2D eigenvalue weighted by Gasteiger charge is -2.31. The molecule has 1 fully saturated rings. The molecule has 18 heavy (non-hydrogen) atoms. The van der Waals surface area contributed by atoms with Crippen LogP contribution in [-0.4, -0.2) is 29.0 Å². The average Bonchev–Trinajstić information content (AvgIpc) is 2.39. The Hall–Kier alpha value is -2.20. The molecule has 0 spiro atoms. The minimum Gasteiger partial charge on any atom is -0.355 e. The second-order valence-corrected chi connectivity index (χ2v) is 4.26. The van der Waals surface area contributed by atoms with Gasteiger partial charge in [0.2, 0.25) is 0 Å². The molecule has 0 bridgehead atoms. The third kappa shape index (κ3) is 2.38. The van der Waals surface area contributed by atoms with E-state index >= 15 is 0 Å². The monoisotopic (exact) mass is 247 g/mol. The van der Waals surface area contributed by atoms with E-state index in [0.29, 0.717) is 5.82 Å². The highest BCUT2D eigenvalue weighted by atomic mass is 16.6. The zero-order chi connectivity index (χ0) is 13.1. The summed E-state index contributed by atoms with van der Waals surface area (Å²) >= 11 is 0. The van der Waals surface area contributed by atoms with E-state index in [4.69, 9.17) is 11.0 Å². The third-order valence-corrected chi connectivity index (χ3v) is 3.02. The molecule has 0 radical (unpaired) electrons. The van der Waals surface area contributed by atoms with Crippen molar-refractivity contribution in [1.82, 2.24) is 4.98 Å². The fraction of sp³-hybridized carbons (Fsp3) is 0.455. The number of pyridine rings is 1. The van der Waals surface area contributed by atoms with E-state index in [0.717, 1.165) is 25.9 Å². The molecule has 0 aliphatic carbocycles. The predicted molar refractivity (Wildman–Crippen MR) is 65.0 cm³/mol. The normalized spacial score (nSPS) is 16.3. The Labute approximate surface area is 104 Å². The molecule has 1 aliphatic heterocycles. The standard InChI is InChI=1S/C11H13N5O2/c12-6-8-5-10(16(17)18)7-14-11(8)15-3-1-9(13)2-4-15/h5,7,9H,1-4,13H2. The quantitative estimate of drug-likeness (QED) is 0.611. The highest BCUT2D eigenvalue weighted by molar-refractivity contribution is 5.57. The first kappa shape index (κ1) is 12.3. The molecule has 7 nitrogen and oxygen atoms in total. The van der Waals surface area contributed by atoms with E-state index in [1.165, 1.54) is 12.3 Å². The molecule has 1 saturated heterocycles. The van der Waals surface area contributed by atoms with Crippen LogP contribution in [0.25, 0.3) is 0 Å².